The fourth-order valence-corrected chi connectivity index (χ4v) is 1.90. The molecule has 0 radical (unpaired) electrons. The fourth-order valence-electron chi connectivity index (χ4n) is 1.48. The predicted molar refractivity (Wildman–Crippen MR) is 87.9 cm³/mol. The molecule has 1 aromatic rings. The Morgan fingerprint density at radius 3 is 2.40 bits per heavy atom. The van der Waals surface area contributed by atoms with Gasteiger partial charge in [0.2, 0.25) is 0 Å². The van der Waals surface area contributed by atoms with Crippen molar-refractivity contribution in [3.63, 3.8) is 0 Å². The zero-order valence-electron chi connectivity index (χ0n) is 13.0. The molecule has 0 aliphatic rings. The highest BCUT2D eigenvalue weighted by Crippen LogP contribution is 2.24. The van der Waals surface area contributed by atoms with Gasteiger partial charge in [-0.1, -0.05) is 32.4 Å². The van der Waals surface area contributed by atoms with E-state index >= 15 is 0 Å². The van der Waals surface area contributed by atoms with Crippen LogP contribution in [-0.4, -0.2) is 28.4 Å². The summed E-state index contributed by atoms with van der Waals surface area (Å²) in [5.41, 5.74) is 1.24. The average Bonchev–Trinajstić information content (AvgIpc) is 2.34. The summed E-state index contributed by atoms with van der Waals surface area (Å²) in [7, 11) is 0. The first-order chi connectivity index (χ1) is 9.05. The summed E-state index contributed by atoms with van der Waals surface area (Å²) in [6, 6.07) is 3.42. The van der Waals surface area contributed by atoms with Crippen LogP contribution in [0.5, 0.6) is 0 Å². The Kier molecular flexibility index (Phi) is 5.50. The Labute approximate surface area is 130 Å². The zero-order valence-corrected chi connectivity index (χ0v) is 14.6. The lowest BCUT2D eigenvalue weighted by atomic mass is 9.91. The molecule has 0 spiro atoms. The minimum absolute atomic E-state index is 0.0132. The lowest BCUT2D eigenvalue weighted by Crippen LogP contribution is -2.36. The Balaban J connectivity index is 2.91. The second-order valence-electron chi connectivity index (χ2n) is 6.46. The van der Waals surface area contributed by atoms with E-state index in [1.54, 1.807) is 17.8 Å². The van der Waals surface area contributed by atoms with E-state index in [2.05, 4.69) is 24.1 Å². The molecular weight excluding hydrogens is 292 g/mol. The van der Waals surface area contributed by atoms with Crippen molar-refractivity contribution in [2.75, 3.05) is 12.8 Å². The molecule has 0 aliphatic heterocycles. The number of nitrogens with one attached hydrogen (secondary N) is 1. The highest BCUT2D eigenvalue weighted by Gasteiger charge is 2.21. The highest BCUT2D eigenvalue weighted by molar-refractivity contribution is 7.99. The third-order valence-electron chi connectivity index (χ3n) is 3.05. The van der Waals surface area contributed by atoms with Crippen LogP contribution < -0.4 is 5.32 Å². The molecule has 0 atom stereocenters. The van der Waals surface area contributed by atoms with Gasteiger partial charge in [-0.2, -0.15) is 11.8 Å². The number of halogens is 1. The van der Waals surface area contributed by atoms with Gasteiger partial charge in [0, 0.05) is 28.0 Å². The van der Waals surface area contributed by atoms with Crippen molar-refractivity contribution in [1.29, 1.82) is 0 Å². The van der Waals surface area contributed by atoms with Crippen molar-refractivity contribution in [3.05, 3.63) is 28.5 Å². The number of hydrogen-bond acceptors (Lipinski definition) is 3. The molecule has 0 fully saturated rings. The molecule has 112 valence electrons. The van der Waals surface area contributed by atoms with Gasteiger partial charge in [0.15, 0.2) is 0 Å². The van der Waals surface area contributed by atoms with Gasteiger partial charge < -0.3 is 5.32 Å². The summed E-state index contributed by atoms with van der Waals surface area (Å²) in [6.07, 6.45) is 2.03. The largest absolute Gasteiger partial charge is 0.351 e. The van der Waals surface area contributed by atoms with Crippen molar-refractivity contribution in [1.82, 2.24) is 10.3 Å². The molecule has 0 bridgehead atoms. The van der Waals surface area contributed by atoms with Crippen LogP contribution in [0.15, 0.2) is 12.1 Å². The predicted octanol–water partition coefficient (Wildman–Crippen LogP) is 3.90. The van der Waals surface area contributed by atoms with E-state index in [4.69, 9.17) is 11.6 Å². The smallest absolute Gasteiger partial charge is 0.251 e. The normalized spacial score (nSPS) is 12.3. The summed E-state index contributed by atoms with van der Waals surface area (Å²) in [4.78, 5) is 16.5. The van der Waals surface area contributed by atoms with Crippen molar-refractivity contribution < 1.29 is 4.79 Å². The number of carbonyl (C=O) groups excluding carboxylic acids is 1. The Bertz CT molecular complexity index is 495. The number of hydrogen-bond donors (Lipinski definition) is 1. The van der Waals surface area contributed by atoms with Gasteiger partial charge in [-0.3, -0.25) is 4.79 Å². The Morgan fingerprint density at radius 1 is 1.30 bits per heavy atom. The molecule has 1 N–H and O–H groups in total. The molecule has 1 rings (SSSR count). The van der Waals surface area contributed by atoms with Crippen LogP contribution in [0, 0.1) is 0 Å². The van der Waals surface area contributed by atoms with E-state index in [0.717, 1.165) is 5.69 Å². The van der Waals surface area contributed by atoms with Crippen molar-refractivity contribution in [2.24, 2.45) is 0 Å². The monoisotopic (exact) mass is 314 g/mol. The Hall–Kier alpha value is -0.740. The van der Waals surface area contributed by atoms with Crippen LogP contribution in [0.3, 0.4) is 0 Å². The third kappa shape index (κ3) is 4.98. The van der Waals surface area contributed by atoms with Crippen LogP contribution in [0.2, 0.25) is 5.15 Å². The lowest BCUT2D eigenvalue weighted by Gasteiger charge is -2.23. The van der Waals surface area contributed by atoms with Crippen LogP contribution >= 0.6 is 23.4 Å². The number of aromatic nitrogens is 1. The van der Waals surface area contributed by atoms with Crippen LogP contribution in [-0.2, 0) is 5.41 Å². The molecule has 0 unspecified atom stereocenters. The van der Waals surface area contributed by atoms with Gasteiger partial charge in [0.05, 0.1) is 0 Å². The van der Waals surface area contributed by atoms with Crippen molar-refractivity contribution >= 4 is 29.3 Å². The summed E-state index contributed by atoms with van der Waals surface area (Å²) < 4.78 is 0.0132. The molecule has 5 heteroatoms. The number of amides is 1. The van der Waals surface area contributed by atoms with Gasteiger partial charge in [-0.15, -0.1) is 0 Å². The minimum Gasteiger partial charge on any atom is -0.351 e. The quantitative estimate of drug-likeness (QED) is 0.857. The van der Waals surface area contributed by atoms with Crippen LogP contribution in [0.25, 0.3) is 0 Å². The molecule has 0 aliphatic carbocycles. The molecular formula is C15H23ClN2OS. The molecule has 3 nitrogen and oxygen atoms in total. The van der Waals surface area contributed by atoms with E-state index in [9.17, 15) is 4.79 Å². The van der Waals surface area contributed by atoms with Gasteiger partial charge in [0.25, 0.3) is 5.91 Å². The summed E-state index contributed by atoms with van der Waals surface area (Å²) >= 11 is 7.74. The topological polar surface area (TPSA) is 42.0 Å². The lowest BCUT2D eigenvalue weighted by molar-refractivity contribution is 0.0950. The molecule has 1 heterocycles. The fraction of sp³-hybridized carbons (Fsp3) is 0.600. The maximum Gasteiger partial charge on any atom is 0.251 e. The molecule has 0 saturated heterocycles. The second kappa shape index (κ2) is 6.35. The van der Waals surface area contributed by atoms with Gasteiger partial charge in [-0.25, -0.2) is 4.98 Å². The highest BCUT2D eigenvalue weighted by atomic mass is 35.5. The van der Waals surface area contributed by atoms with Gasteiger partial charge in [0.1, 0.15) is 5.15 Å². The standard InChI is InChI=1S/C15H23ClN2OS/c1-14(2,3)11-7-10(8-12(16)18-11)13(19)17-9-15(4,5)20-6/h7-8H,9H2,1-6H3,(H,17,19). The van der Waals surface area contributed by atoms with E-state index in [0.29, 0.717) is 17.3 Å². The molecule has 0 aromatic carbocycles. The third-order valence-corrected chi connectivity index (χ3v) is 4.50. The molecule has 1 amide bonds. The van der Waals surface area contributed by atoms with Gasteiger partial charge in [-0.05, 0) is 32.2 Å². The number of carbonyl (C=O) groups is 1. The molecule has 1 aromatic heterocycles. The number of thioether (sulfide) groups is 1. The summed E-state index contributed by atoms with van der Waals surface area (Å²) in [5.74, 6) is -0.109. The zero-order chi connectivity index (χ0) is 15.6. The molecule has 20 heavy (non-hydrogen) atoms. The number of pyridine rings is 1. The second-order valence-corrected chi connectivity index (χ2v) is 8.36. The maximum atomic E-state index is 12.2. The van der Waals surface area contributed by atoms with Gasteiger partial charge >= 0.3 is 0 Å². The molecule has 0 saturated carbocycles. The Morgan fingerprint density at radius 2 is 1.90 bits per heavy atom. The first-order valence-electron chi connectivity index (χ1n) is 6.56. The van der Waals surface area contributed by atoms with Crippen molar-refractivity contribution in [2.45, 2.75) is 44.8 Å². The van der Waals surface area contributed by atoms with E-state index < -0.39 is 0 Å². The van der Waals surface area contributed by atoms with Crippen molar-refractivity contribution in [3.8, 4) is 0 Å². The van der Waals surface area contributed by atoms with E-state index in [-0.39, 0.29) is 16.1 Å². The maximum absolute atomic E-state index is 12.2. The first kappa shape index (κ1) is 17.3. The minimum atomic E-state index is -0.140. The van der Waals surface area contributed by atoms with E-state index in [1.807, 2.05) is 33.1 Å². The van der Waals surface area contributed by atoms with E-state index in [1.165, 1.54) is 0 Å². The summed E-state index contributed by atoms with van der Waals surface area (Å²) in [5, 5.41) is 3.30. The SMILES string of the molecule is CSC(C)(C)CNC(=O)c1cc(Cl)nc(C(C)(C)C)c1. The number of rotatable bonds is 4. The first-order valence-corrected chi connectivity index (χ1v) is 8.17. The van der Waals surface area contributed by atoms with Crippen LogP contribution in [0.4, 0.5) is 0 Å². The summed E-state index contributed by atoms with van der Waals surface area (Å²) in [6.45, 7) is 10.9. The average molecular weight is 315 g/mol. The number of nitrogens with zero attached hydrogens (tertiary/aromatic N) is 1. The van der Waals surface area contributed by atoms with Crippen LogP contribution in [0.1, 0.15) is 50.7 Å².